The Kier molecular flexibility index (Phi) is 3.90. The molecule has 4 nitrogen and oxygen atoms in total. The molecule has 0 aliphatic carbocycles. The SMILES string of the molecule is COc1cccc(CN(C)c2ccc(C(C)=O)o2)c1. The molecule has 1 aromatic carbocycles. The monoisotopic (exact) mass is 259 g/mol. The van der Waals surface area contributed by atoms with Crippen molar-refractivity contribution in [1.82, 2.24) is 0 Å². The average Bonchev–Trinajstić information content (AvgIpc) is 2.89. The van der Waals surface area contributed by atoms with Gasteiger partial charge in [-0.05, 0) is 23.8 Å². The molecule has 2 aromatic rings. The van der Waals surface area contributed by atoms with Gasteiger partial charge in [0.1, 0.15) is 5.75 Å². The van der Waals surface area contributed by atoms with E-state index in [1.165, 1.54) is 6.92 Å². The fraction of sp³-hybridized carbons (Fsp3) is 0.267. The Balaban J connectivity index is 2.10. The number of nitrogens with zero attached hydrogens (tertiary/aromatic N) is 1. The lowest BCUT2D eigenvalue weighted by Crippen LogP contribution is -2.15. The van der Waals surface area contributed by atoms with Gasteiger partial charge >= 0.3 is 0 Å². The van der Waals surface area contributed by atoms with E-state index in [9.17, 15) is 4.79 Å². The molecule has 0 amide bonds. The minimum atomic E-state index is -0.0685. The molecule has 0 radical (unpaired) electrons. The van der Waals surface area contributed by atoms with Gasteiger partial charge in [0.15, 0.2) is 17.4 Å². The van der Waals surface area contributed by atoms with Gasteiger partial charge in [-0.15, -0.1) is 0 Å². The third kappa shape index (κ3) is 3.16. The van der Waals surface area contributed by atoms with Crippen molar-refractivity contribution >= 4 is 11.7 Å². The Bertz CT molecular complexity index is 574. The number of rotatable bonds is 5. The topological polar surface area (TPSA) is 42.7 Å². The quantitative estimate of drug-likeness (QED) is 0.774. The van der Waals surface area contributed by atoms with Crippen LogP contribution in [0.1, 0.15) is 23.0 Å². The van der Waals surface area contributed by atoms with Gasteiger partial charge in [0.05, 0.1) is 7.11 Å². The Labute approximate surface area is 112 Å². The maximum absolute atomic E-state index is 11.2. The van der Waals surface area contributed by atoms with Crippen molar-refractivity contribution in [3.63, 3.8) is 0 Å². The van der Waals surface area contributed by atoms with E-state index in [2.05, 4.69) is 0 Å². The first-order valence-corrected chi connectivity index (χ1v) is 6.05. The molecule has 0 fully saturated rings. The van der Waals surface area contributed by atoms with Gasteiger partial charge in [0, 0.05) is 26.6 Å². The smallest absolute Gasteiger partial charge is 0.196 e. The van der Waals surface area contributed by atoms with Crippen molar-refractivity contribution in [3.8, 4) is 5.75 Å². The zero-order valence-electron chi connectivity index (χ0n) is 11.3. The second-order valence-corrected chi connectivity index (χ2v) is 4.40. The molecule has 0 bridgehead atoms. The zero-order chi connectivity index (χ0) is 13.8. The predicted octanol–water partition coefficient (Wildman–Crippen LogP) is 3.13. The van der Waals surface area contributed by atoms with Crippen molar-refractivity contribution in [1.29, 1.82) is 0 Å². The summed E-state index contributed by atoms with van der Waals surface area (Å²) >= 11 is 0. The largest absolute Gasteiger partial charge is 0.497 e. The van der Waals surface area contributed by atoms with Gasteiger partial charge < -0.3 is 14.1 Å². The van der Waals surface area contributed by atoms with Crippen molar-refractivity contribution in [2.45, 2.75) is 13.5 Å². The van der Waals surface area contributed by atoms with E-state index in [1.807, 2.05) is 36.2 Å². The highest BCUT2D eigenvalue weighted by molar-refractivity contribution is 5.91. The van der Waals surface area contributed by atoms with Gasteiger partial charge in [-0.2, -0.15) is 0 Å². The van der Waals surface area contributed by atoms with Crippen LogP contribution in [0.15, 0.2) is 40.8 Å². The molecule has 0 spiro atoms. The molecule has 2 rings (SSSR count). The summed E-state index contributed by atoms with van der Waals surface area (Å²) in [6, 6.07) is 11.4. The molecule has 19 heavy (non-hydrogen) atoms. The number of carbonyl (C=O) groups excluding carboxylic acids is 1. The summed E-state index contributed by atoms with van der Waals surface area (Å²) in [4.78, 5) is 13.1. The molecule has 0 atom stereocenters. The first kappa shape index (κ1) is 13.2. The summed E-state index contributed by atoms with van der Waals surface area (Å²) in [7, 11) is 3.57. The van der Waals surface area contributed by atoms with Gasteiger partial charge in [0.25, 0.3) is 0 Å². The number of ketones is 1. The van der Waals surface area contributed by atoms with Crippen molar-refractivity contribution < 1.29 is 13.9 Å². The Morgan fingerprint density at radius 3 is 2.74 bits per heavy atom. The zero-order valence-corrected chi connectivity index (χ0v) is 11.3. The van der Waals surface area contributed by atoms with E-state index >= 15 is 0 Å². The van der Waals surface area contributed by atoms with Gasteiger partial charge in [-0.3, -0.25) is 4.79 Å². The van der Waals surface area contributed by atoms with Crippen LogP contribution in [-0.4, -0.2) is 19.9 Å². The molecule has 0 saturated heterocycles. The second kappa shape index (κ2) is 5.61. The normalized spacial score (nSPS) is 10.3. The lowest BCUT2D eigenvalue weighted by molar-refractivity contribution is 0.0988. The Morgan fingerprint density at radius 1 is 1.32 bits per heavy atom. The summed E-state index contributed by atoms with van der Waals surface area (Å²) < 4.78 is 10.7. The number of anilines is 1. The molecular formula is C15H17NO3. The van der Waals surface area contributed by atoms with Crippen LogP contribution >= 0.6 is 0 Å². The standard InChI is InChI=1S/C15H17NO3/c1-11(17)14-7-8-15(19-14)16(2)10-12-5-4-6-13(9-12)18-3/h4-9H,10H2,1-3H3. The molecule has 0 unspecified atom stereocenters. The number of furan rings is 1. The maximum Gasteiger partial charge on any atom is 0.196 e. The number of ether oxygens (including phenoxy) is 1. The van der Waals surface area contributed by atoms with Gasteiger partial charge in [-0.25, -0.2) is 0 Å². The van der Waals surface area contributed by atoms with E-state index in [0.717, 1.165) is 11.3 Å². The minimum absolute atomic E-state index is 0.0685. The van der Waals surface area contributed by atoms with Crippen LogP contribution < -0.4 is 9.64 Å². The molecule has 1 heterocycles. The molecule has 0 aliphatic heterocycles. The lowest BCUT2D eigenvalue weighted by atomic mass is 10.2. The molecular weight excluding hydrogens is 242 g/mol. The molecule has 0 saturated carbocycles. The maximum atomic E-state index is 11.2. The third-order valence-corrected chi connectivity index (χ3v) is 2.87. The first-order valence-electron chi connectivity index (χ1n) is 6.05. The van der Waals surface area contributed by atoms with Crippen LogP contribution in [0.4, 0.5) is 5.88 Å². The Morgan fingerprint density at radius 2 is 2.11 bits per heavy atom. The first-order chi connectivity index (χ1) is 9.10. The second-order valence-electron chi connectivity index (χ2n) is 4.40. The summed E-state index contributed by atoms with van der Waals surface area (Å²) in [6.07, 6.45) is 0. The number of Topliss-reactive ketones (excluding diaryl/α,β-unsaturated/α-hetero) is 1. The average molecular weight is 259 g/mol. The lowest BCUT2D eigenvalue weighted by Gasteiger charge is -2.16. The van der Waals surface area contributed by atoms with Crippen LogP contribution in [0.3, 0.4) is 0 Å². The third-order valence-electron chi connectivity index (χ3n) is 2.87. The highest BCUT2D eigenvalue weighted by atomic mass is 16.5. The fourth-order valence-corrected chi connectivity index (χ4v) is 1.84. The van der Waals surface area contributed by atoms with Crippen LogP contribution in [0, 0.1) is 0 Å². The van der Waals surface area contributed by atoms with Crippen molar-refractivity contribution in [3.05, 3.63) is 47.7 Å². The molecule has 0 aliphatic rings. The molecule has 4 heteroatoms. The van der Waals surface area contributed by atoms with Crippen LogP contribution in [0.25, 0.3) is 0 Å². The summed E-state index contributed by atoms with van der Waals surface area (Å²) in [5, 5.41) is 0. The predicted molar refractivity (Wildman–Crippen MR) is 73.8 cm³/mol. The highest BCUT2D eigenvalue weighted by Gasteiger charge is 2.10. The fourth-order valence-electron chi connectivity index (χ4n) is 1.84. The van der Waals surface area contributed by atoms with Crippen LogP contribution in [-0.2, 0) is 6.54 Å². The van der Waals surface area contributed by atoms with Gasteiger partial charge in [-0.1, -0.05) is 12.1 Å². The summed E-state index contributed by atoms with van der Waals surface area (Å²) in [5.41, 5.74) is 1.11. The van der Waals surface area contributed by atoms with Crippen LogP contribution in [0.5, 0.6) is 5.75 Å². The number of benzene rings is 1. The Hall–Kier alpha value is -2.23. The number of carbonyl (C=O) groups is 1. The van der Waals surface area contributed by atoms with E-state index in [1.54, 1.807) is 19.2 Å². The minimum Gasteiger partial charge on any atom is -0.497 e. The molecule has 100 valence electrons. The number of hydrogen-bond acceptors (Lipinski definition) is 4. The summed E-state index contributed by atoms with van der Waals surface area (Å²) in [6.45, 7) is 2.17. The van der Waals surface area contributed by atoms with E-state index in [0.29, 0.717) is 18.2 Å². The van der Waals surface area contributed by atoms with E-state index < -0.39 is 0 Å². The molecule has 1 aromatic heterocycles. The van der Waals surface area contributed by atoms with Crippen molar-refractivity contribution in [2.75, 3.05) is 19.1 Å². The van der Waals surface area contributed by atoms with Gasteiger partial charge in [0.2, 0.25) is 0 Å². The number of methoxy groups -OCH3 is 1. The van der Waals surface area contributed by atoms with E-state index in [4.69, 9.17) is 9.15 Å². The van der Waals surface area contributed by atoms with Crippen molar-refractivity contribution in [2.24, 2.45) is 0 Å². The number of hydrogen-bond donors (Lipinski definition) is 0. The highest BCUT2D eigenvalue weighted by Crippen LogP contribution is 2.21. The molecule has 0 N–H and O–H groups in total. The summed E-state index contributed by atoms with van der Waals surface area (Å²) in [5.74, 6) is 1.82. The van der Waals surface area contributed by atoms with Crippen LogP contribution in [0.2, 0.25) is 0 Å². The van der Waals surface area contributed by atoms with E-state index in [-0.39, 0.29) is 5.78 Å².